The third kappa shape index (κ3) is 3.66. The summed E-state index contributed by atoms with van der Waals surface area (Å²) in [6.07, 6.45) is 2.26. The van der Waals surface area contributed by atoms with Crippen molar-refractivity contribution in [3.63, 3.8) is 0 Å². The van der Waals surface area contributed by atoms with Crippen LogP contribution in [-0.4, -0.2) is 45.6 Å². The topological polar surface area (TPSA) is 69.2 Å². The van der Waals surface area contributed by atoms with Crippen molar-refractivity contribution in [2.45, 2.75) is 12.8 Å². The van der Waals surface area contributed by atoms with Gasteiger partial charge in [0.05, 0.1) is 12.1 Å². The number of aryl methyl sites for hydroxylation is 1. The van der Waals surface area contributed by atoms with Gasteiger partial charge in [-0.05, 0) is 12.1 Å². The molecule has 0 aliphatic carbocycles. The zero-order valence-electron chi connectivity index (χ0n) is 11.7. The maximum Gasteiger partial charge on any atom is 0.223 e. The maximum atomic E-state index is 13.5. The Morgan fingerprint density at radius 3 is 3.00 bits per heavy atom. The van der Waals surface area contributed by atoms with E-state index < -0.39 is 0 Å². The van der Waals surface area contributed by atoms with Crippen molar-refractivity contribution in [3.05, 3.63) is 42.5 Å². The number of imidazole rings is 1. The van der Waals surface area contributed by atoms with E-state index in [4.69, 9.17) is 5.11 Å². The zero-order chi connectivity index (χ0) is 15.2. The van der Waals surface area contributed by atoms with E-state index in [0.29, 0.717) is 29.8 Å². The third-order valence-corrected chi connectivity index (χ3v) is 3.16. The molecule has 0 fully saturated rings. The van der Waals surface area contributed by atoms with E-state index in [-0.39, 0.29) is 31.3 Å². The fourth-order valence-corrected chi connectivity index (χ4v) is 2.14. The Bertz CT molecular complexity index is 639. The molecule has 1 amide bonds. The number of hydrogen-bond acceptors (Lipinski definition) is 3. The molecule has 0 spiro atoms. The first-order valence-electron chi connectivity index (χ1n) is 6.78. The summed E-state index contributed by atoms with van der Waals surface area (Å²) in [5.41, 5.74) is 0.911. The van der Waals surface area contributed by atoms with Crippen molar-refractivity contribution in [1.29, 1.82) is 0 Å². The molecule has 0 bridgehead atoms. The third-order valence-electron chi connectivity index (χ3n) is 3.16. The molecule has 0 aliphatic rings. The summed E-state index contributed by atoms with van der Waals surface area (Å²) < 4.78 is 13.5. The lowest BCUT2D eigenvalue weighted by molar-refractivity contribution is -0.131. The Morgan fingerprint density at radius 2 is 2.33 bits per heavy atom. The van der Waals surface area contributed by atoms with Crippen LogP contribution < -0.4 is 0 Å². The van der Waals surface area contributed by atoms with Crippen LogP contribution in [0, 0.1) is 5.82 Å². The van der Waals surface area contributed by atoms with E-state index >= 15 is 0 Å². The molecule has 2 N–H and O–H groups in total. The molecule has 5 nitrogen and oxygen atoms in total. The Morgan fingerprint density at radius 1 is 1.52 bits per heavy atom. The minimum Gasteiger partial charge on any atom is -0.395 e. The molecule has 1 aromatic heterocycles. The van der Waals surface area contributed by atoms with E-state index in [1.165, 1.54) is 11.0 Å². The van der Waals surface area contributed by atoms with Crippen LogP contribution in [0.25, 0.3) is 11.0 Å². The predicted octanol–water partition coefficient (Wildman–Crippen LogP) is 1.64. The van der Waals surface area contributed by atoms with Crippen molar-refractivity contribution in [2.75, 3.05) is 19.7 Å². The van der Waals surface area contributed by atoms with Crippen LogP contribution in [0.1, 0.15) is 12.2 Å². The summed E-state index contributed by atoms with van der Waals surface area (Å²) in [5, 5.41) is 8.93. The number of rotatable bonds is 7. The van der Waals surface area contributed by atoms with E-state index in [1.807, 2.05) is 0 Å². The van der Waals surface area contributed by atoms with E-state index in [2.05, 4.69) is 16.5 Å². The second-order valence-electron chi connectivity index (χ2n) is 4.67. The Labute approximate surface area is 122 Å². The van der Waals surface area contributed by atoms with Gasteiger partial charge in [-0.15, -0.1) is 6.58 Å². The SMILES string of the molecule is C=CCN(CCO)C(=O)CCc1nc2c(F)cccc2[nH]1. The average molecular weight is 291 g/mol. The highest BCUT2D eigenvalue weighted by Gasteiger charge is 2.13. The quantitative estimate of drug-likeness (QED) is 0.762. The van der Waals surface area contributed by atoms with Crippen LogP contribution in [0.4, 0.5) is 4.39 Å². The van der Waals surface area contributed by atoms with Gasteiger partial charge in [0.15, 0.2) is 5.82 Å². The van der Waals surface area contributed by atoms with Gasteiger partial charge in [0.2, 0.25) is 5.91 Å². The number of nitrogens with one attached hydrogen (secondary N) is 1. The number of amides is 1. The van der Waals surface area contributed by atoms with Crippen LogP contribution in [0.3, 0.4) is 0 Å². The summed E-state index contributed by atoms with van der Waals surface area (Å²) in [7, 11) is 0. The van der Waals surface area contributed by atoms with Gasteiger partial charge < -0.3 is 15.0 Å². The smallest absolute Gasteiger partial charge is 0.223 e. The number of aromatic nitrogens is 2. The molecule has 2 rings (SSSR count). The first kappa shape index (κ1) is 15.2. The number of aliphatic hydroxyl groups excluding tert-OH is 1. The minimum absolute atomic E-state index is 0.0879. The summed E-state index contributed by atoms with van der Waals surface area (Å²) >= 11 is 0. The van der Waals surface area contributed by atoms with Crippen molar-refractivity contribution < 1.29 is 14.3 Å². The van der Waals surface area contributed by atoms with Crippen LogP contribution in [0.5, 0.6) is 0 Å². The van der Waals surface area contributed by atoms with E-state index in [1.54, 1.807) is 18.2 Å². The number of carbonyl (C=O) groups is 1. The monoisotopic (exact) mass is 291 g/mol. The van der Waals surface area contributed by atoms with Gasteiger partial charge in [0.25, 0.3) is 0 Å². The standard InChI is InChI=1S/C15H18FN3O2/c1-2-8-19(9-10-20)14(21)7-6-13-17-12-5-3-4-11(16)15(12)18-13/h2-5,20H,1,6-10H2,(H,17,18). The van der Waals surface area contributed by atoms with Crippen molar-refractivity contribution in [3.8, 4) is 0 Å². The van der Waals surface area contributed by atoms with Crippen molar-refractivity contribution in [1.82, 2.24) is 14.9 Å². The molecular formula is C15H18FN3O2. The molecule has 2 aromatic rings. The summed E-state index contributed by atoms with van der Waals surface area (Å²) in [5.74, 6) is 0.103. The molecule has 0 saturated heterocycles. The Balaban J connectivity index is 2.02. The highest BCUT2D eigenvalue weighted by molar-refractivity contribution is 5.77. The average Bonchev–Trinajstić information content (AvgIpc) is 2.89. The highest BCUT2D eigenvalue weighted by Crippen LogP contribution is 2.15. The number of aliphatic hydroxyl groups is 1. The number of benzene rings is 1. The molecule has 0 unspecified atom stereocenters. The number of H-pyrrole nitrogens is 1. The molecule has 0 radical (unpaired) electrons. The first-order chi connectivity index (χ1) is 10.2. The second-order valence-corrected chi connectivity index (χ2v) is 4.67. The highest BCUT2D eigenvalue weighted by atomic mass is 19.1. The fourth-order valence-electron chi connectivity index (χ4n) is 2.14. The molecule has 0 aliphatic heterocycles. The van der Waals surface area contributed by atoms with E-state index in [9.17, 15) is 9.18 Å². The first-order valence-corrected chi connectivity index (χ1v) is 6.78. The van der Waals surface area contributed by atoms with Gasteiger partial charge in [0.1, 0.15) is 11.3 Å². The number of aromatic amines is 1. The largest absolute Gasteiger partial charge is 0.395 e. The van der Waals surface area contributed by atoms with Crippen molar-refractivity contribution in [2.24, 2.45) is 0 Å². The summed E-state index contributed by atoms with van der Waals surface area (Å²) in [4.78, 5) is 20.7. The number of para-hydroxylation sites is 1. The normalized spacial score (nSPS) is 10.8. The maximum absolute atomic E-state index is 13.5. The lowest BCUT2D eigenvalue weighted by Crippen LogP contribution is -2.33. The lowest BCUT2D eigenvalue weighted by atomic mass is 10.2. The van der Waals surface area contributed by atoms with Gasteiger partial charge in [-0.2, -0.15) is 0 Å². The lowest BCUT2D eigenvalue weighted by Gasteiger charge is -2.19. The van der Waals surface area contributed by atoms with Gasteiger partial charge >= 0.3 is 0 Å². The van der Waals surface area contributed by atoms with Crippen LogP contribution in [-0.2, 0) is 11.2 Å². The van der Waals surface area contributed by atoms with Gasteiger partial charge in [-0.1, -0.05) is 12.1 Å². The number of nitrogens with zero attached hydrogens (tertiary/aromatic N) is 2. The van der Waals surface area contributed by atoms with Gasteiger partial charge in [0, 0.05) is 25.9 Å². The fraction of sp³-hybridized carbons (Fsp3) is 0.333. The molecule has 1 heterocycles. The molecule has 1 aromatic carbocycles. The van der Waals surface area contributed by atoms with Crippen LogP contribution in [0.2, 0.25) is 0 Å². The van der Waals surface area contributed by atoms with Gasteiger partial charge in [-0.25, -0.2) is 9.37 Å². The Kier molecular flexibility index (Phi) is 5.05. The zero-order valence-corrected chi connectivity index (χ0v) is 11.7. The summed E-state index contributed by atoms with van der Waals surface area (Å²) in [6, 6.07) is 4.70. The van der Waals surface area contributed by atoms with Crippen LogP contribution in [0.15, 0.2) is 30.9 Å². The van der Waals surface area contributed by atoms with Crippen molar-refractivity contribution >= 4 is 16.9 Å². The summed E-state index contributed by atoms with van der Waals surface area (Å²) in [6.45, 7) is 4.17. The number of carbonyl (C=O) groups excluding carboxylic acids is 1. The molecule has 0 atom stereocenters. The molecule has 21 heavy (non-hydrogen) atoms. The predicted molar refractivity (Wildman–Crippen MR) is 78.2 cm³/mol. The second kappa shape index (κ2) is 6.99. The number of halogens is 1. The Hall–Kier alpha value is -2.21. The number of fused-ring (bicyclic) bond motifs is 1. The molecule has 6 heteroatoms. The molecule has 112 valence electrons. The molecular weight excluding hydrogens is 273 g/mol. The van der Waals surface area contributed by atoms with E-state index in [0.717, 1.165) is 0 Å². The molecule has 0 saturated carbocycles. The minimum atomic E-state index is -0.380. The van der Waals surface area contributed by atoms with Gasteiger partial charge in [-0.3, -0.25) is 4.79 Å². The number of hydrogen-bond donors (Lipinski definition) is 2. The van der Waals surface area contributed by atoms with Crippen LogP contribution >= 0.6 is 0 Å².